The van der Waals surface area contributed by atoms with Crippen LogP contribution in [0.15, 0.2) is 71.7 Å². The molecule has 3 aromatic carbocycles. The number of carbonyl (C=O) groups is 1. The van der Waals surface area contributed by atoms with Crippen molar-refractivity contribution in [3.8, 4) is 17.6 Å². The molecule has 0 N–H and O–H groups in total. The van der Waals surface area contributed by atoms with Gasteiger partial charge in [-0.25, -0.2) is 0 Å². The molecule has 0 aliphatic carbocycles. The van der Waals surface area contributed by atoms with Crippen molar-refractivity contribution < 1.29 is 14.3 Å². The lowest BCUT2D eigenvalue weighted by molar-refractivity contribution is -0.119. The SMILES string of the molecule is CCN1C(=O)C(Cc2ccccc2C#N)N=C(c2ccccc2)c2cc(OC)c(OC)cc21. The average Bonchev–Trinajstić information content (AvgIpc) is 2.97. The molecular formula is C27H25N3O3. The number of nitrogens with zero attached hydrogens (tertiary/aromatic N) is 3. The highest BCUT2D eigenvalue weighted by Gasteiger charge is 2.33. The molecule has 0 bridgehead atoms. The highest BCUT2D eigenvalue weighted by molar-refractivity contribution is 6.20. The summed E-state index contributed by atoms with van der Waals surface area (Å²) >= 11 is 0. The topological polar surface area (TPSA) is 74.9 Å². The first kappa shape index (κ1) is 22.1. The Bertz CT molecular complexity index is 1250. The third kappa shape index (κ3) is 4.18. The Balaban J connectivity index is 1.94. The van der Waals surface area contributed by atoms with Gasteiger partial charge >= 0.3 is 0 Å². The lowest BCUT2D eigenvalue weighted by Gasteiger charge is -2.25. The van der Waals surface area contributed by atoms with Crippen LogP contribution in [-0.2, 0) is 11.2 Å². The second kappa shape index (κ2) is 9.58. The highest BCUT2D eigenvalue weighted by Crippen LogP contribution is 2.38. The van der Waals surface area contributed by atoms with E-state index in [1.54, 1.807) is 25.2 Å². The van der Waals surface area contributed by atoms with Gasteiger partial charge in [-0.2, -0.15) is 5.26 Å². The van der Waals surface area contributed by atoms with Gasteiger partial charge in [0.05, 0.1) is 37.3 Å². The number of hydrogen-bond donors (Lipinski definition) is 0. The van der Waals surface area contributed by atoms with E-state index in [1.807, 2.05) is 67.6 Å². The van der Waals surface area contributed by atoms with Crippen molar-refractivity contribution in [2.75, 3.05) is 25.7 Å². The minimum atomic E-state index is -0.681. The number of benzene rings is 3. The number of likely N-dealkylation sites (N-methyl/N-ethyl adjacent to an activating group) is 1. The minimum Gasteiger partial charge on any atom is -0.493 e. The maximum absolute atomic E-state index is 13.7. The number of amides is 1. The monoisotopic (exact) mass is 439 g/mol. The van der Waals surface area contributed by atoms with Crippen molar-refractivity contribution in [1.82, 2.24) is 0 Å². The number of fused-ring (bicyclic) bond motifs is 1. The fraction of sp³-hybridized carbons (Fsp3) is 0.222. The number of aliphatic imine (C=N–C) groups is 1. The lowest BCUT2D eigenvalue weighted by Crippen LogP contribution is -2.39. The Morgan fingerprint density at radius 2 is 1.67 bits per heavy atom. The molecule has 0 spiro atoms. The van der Waals surface area contributed by atoms with Gasteiger partial charge in [-0.3, -0.25) is 9.79 Å². The summed E-state index contributed by atoms with van der Waals surface area (Å²) in [6, 6.07) is 22.4. The van der Waals surface area contributed by atoms with E-state index in [0.717, 1.165) is 22.4 Å². The Hall–Kier alpha value is -4.11. The molecule has 0 saturated heterocycles. The molecule has 166 valence electrons. The fourth-order valence-electron chi connectivity index (χ4n) is 4.16. The molecule has 4 rings (SSSR count). The van der Waals surface area contributed by atoms with E-state index in [2.05, 4.69) is 6.07 Å². The zero-order valence-electron chi connectivity index (χ0n) is 18.9. The first-order chi connectivity index (χ1) is 16.1. The molecule has 1 aliphatic heterocycles. The Morgan fingerprint density at radius 3 is 2.33 bits per heavy atom. The standard InChI is InChI=1S/C27H25N3O3/c1-4-30-23-16-25(33-3)24(32-2)15-21(23)26(18-10-6-5-7-11-18)29-22(27(30)31)14-19-12-8-9-13-20(19)17-28/h5-13,15-16,22H,4,14H2,1-3H3. The molecule has 6 heteroatoms. The minimum absolute atomic E-state index is 0.121. The summed E-state index contributed by atoms with van der Waals surface area (Å²) in [5.41, 5.74) is 4.47. The number of methoxy groups -OCH3 is 2. The van der Waals surface area contributed by atoms with Crippen molar-refractivity contribution in [3.63, 3.8) is 0 Å². The number of ether oxygens (including phenoxy) is 2. The van der Waals surface area contributed by atoms with Crippen LogP contribution in [0.4, 0.5) is 5.69 Å². The van der Waals surface area contributed by atoms with Crippen molar-refractivity contribution in [1.29, 1.82) is 5.26 Å². The fourth-order valence-corrected chi connectivity index (χ4v) is 4.16. The van der Waals surface area contributed by atoms with Gasteiger partial charge in [-0.15, -0.1) is 0 Å². The summed E-state index contributed by atoms with van der Waals surface area (Å²) in [6.45, 7) is 2.40. The van der Waals surface area contributed by atoms with Gasteiger partial charge in [0.15, 0.2) is 11.5 Å². The van der Waals surface area contributed by atoms with Gasteiger partial charge in [-0.05, 0) is 24.6 Å². The van der Waals surface area contributed by atoms with E-state index in [9.17, 15) is 10.1 Å². The predicted molar refractivity (Wildman–Crippen MR) is 128 cm³/mol. The van der Waals surface area contributed by atoms with Crippen LogP contribution < -0.4 is 14.4 Å². The van der Waals surface area contributed by atoms with E-state index >= 15 is 0 Å². The number of rotatable bonds is 6. The molecule has 1 amide bonds. The first-order valence-corrected chi connectivity index (χ1v) is 10.8. The molecule has 0 fully saturated rings. The molecule has 0 radical (unpaired) electrons. The lowest BCUT2D eigenvalue weighted by atomic mass is 9.99. The predicted octanol–water partition coefficient (Wildman–Crippen LogP) is 4.39. The second-order valence-corrected chi connectivity index (χ2v) is 7.64. The maximum atomic E-state index is 13.7. The zero-order chi connectivity index (χ0) is 23.4. The van der Waals surface area contributed by atoms with Gasteiger partial charge in [0.25, 0.3) is 5.91 Å². The molecular weight excluding hydrogens is 414 g/mol. The van der Waals surface area contributed by atoms with Gasteiger partial charge in [0, 0.05) is 30.2 Å². The van der Waals surface area contributed by atoms with E-state index in [-0.39, 0.29) is 5.91 Å². The quantitative estimate of drug-likeness (QED) is 0.571. The maximum Gasteiger partial charge on any atom is 0.252 e. The number of benzodiazepines with no additional fused rings is 1. The Labute approximate surface area is 193 Å². The van der Waals surface area contributed by atoms with Gasteiger partial charge in [0.1, 0.15) is 6.04 Å². The number of anilines is 1. The summed E-state index contributed by atoms with van der Waals surface area (Å²) in [4.78, 5) is 20.5. The van der Waals surface area contributed by atoms with Crippen molar-refractivity contribution >= 4 is 17.3 Å². The van der Waals surface area contributed by atoms with Gasteiger partial charge in [-0.1, -0.05) is 48.5 Å². The van der Waals surface area contributed by atoms with Crippen LogP contribution in [0.5, 0.6) is 11.5 Å². The number of nitriles is 1. The average molecular weight is 440 g/mol. The second-order valence-electron chi connectivity index (χ2n) is 7.64. The highest BCUT2D eigenvalue weighted by atomic mass is 16.5. The third-order valence-electron chi connectivity index (χ3n) is 5.80. The van der Waals surface area contributed by atoms with Crippen molar-refractivity contribution in [2.24, 2.45) is 4.99 Å². The van der Waals surface area contributed by atoms with Gasteiger partial charge in [0.2, 0.25) is 0 Å². The largest absolute Gasteiger partial charge is 0.493 e. The van der Waals surface area contributed by atoms with Crippen LogP contribution in [0, 0.1) is 11.3 Å². The van der Waals surface area contributed by atoms with E-state index in [1.165, 1.54) is 0 Å². The number of hydrogen-bond acceptors (Lipinski definition) is 5. The van der Waals surface area contributed by atoms with Crippen LogP contribution in [-0.4, -0.2) is 38.4 Å². The smallest absolute Gasteiger partial charge is 0.252 e. The molecule has 0 saturated carbocycles. The van der Waals surface area contributed by atoms with Crippen molar-refractivity contribution in [3.05, 3.63) is 89.0 Å². The summed E-state index contributed by atoms with van der Waals surface area (Å²) in [5, 5.41) is 9.55. The van der Waals surface area contributed by atoms with E-state index in [0.29, 0.717) is 35.7 Å². The first-order valence-electron chi connectivity index (χ1n) is 10.8. The molecule has 1 heterocycles. The molecule has 1 aliphatic rings. The molecule has 6 nitrogen and oxygen atoms in total. The van der Waals surface area contributed by atoms with E-state index < -0.39 is 6.04 Å². The molecule has 1 unspecified atom stereocenters. The van der Waals surface area contributed by atoms with E-state index in [4.69, 9.17) is 14.5 Å². The molecule has 3 aromatic rings. The van der Waals surface area contributed by atoms with Crippen LogP contribution in [0.1, 0.15) is 29.2 Å². The summed E-state index contributed by atoms with van der Waals surface area (Å²) in [5.74, 6) is 0.990. The van der Waals surface area contributed by atoms with Crippen molar-refractivity contribution in [2.45, 2.75) is 19.4 Å². The normalized spacial score (nSPS) is 15.2. The third-order valence-corrected chi connectivity index (χ3v) is 5.80. The summed E-state index contributed by atoms with van der Waals surface area (Å²) in [7, 11) is 3.16. The van der Waals surface area contributed by atoms with Crippen LogP contribution in [0.2, 0.25) is 0 Å². The Morgan fingerprint density at radius 1 is 1.00 bits per heavy atom. The molecule has 1 atom stereocenters. The summed E-state index contributed by atoms with van der Waals surface area (Å²) < 4.78 is 11.1. The van der Waals surface area contributed by atoms with Crippen LogP contribution >= 0.6 is 0 Å². The molecule has 0 aromatic heterocycles. The van der Waals surface area contributed by atoms with Gasteiger partial charge < -0.3 is 14.4 Å². The molecule has 33 heavy (non-hydrogen) atoms. The zero-order valence-corrected chi connectivity index (χ0v) is 18.9. The summed E-state index contributed by atoms with van der Waals surface area (Å²) in [6.07, 6.45) is 0.331. The number of carbonyl (C=O) groups excluding carboxylic acids is 1. The van der Waals surface area contributed by atoms with Crippen LogP contribution in [0.3, 0.4) is 0 Å². The Kier molecular flexibility index (Phi) is 6.41. The van der Waals surface area contributed by atoms with Crippen LogP contribution in [0.25, 0.3) is 0 Å².